The molecule has 5 fully saturated rings. The maximum absolute atomic E-state index is 13.3. The maximum Gasteiger partial charge on any atom is 0.291 e. The van der Waals surface area contributed by atoms with Crippen LogP contribution in [0.25, 0.3) is 0 Å². The number of amides is 5. The number of carbonyl (C=O) groups is 5. The number of nitrogens with one attached hydrogen (secondary N) is 2. The molecule has 1 aliphatic carbocycles. The predicted molar refractivity (Wildman–Crippen MR) is 219 cm³/mol. The summed E-state index contributed by atoms with van der Waals surface area (Å²) in [6.45, 7) is 6.70. The van der Waals surface area contributed by atoms with Crippen molar-refractivity contribution in [3.05, 3.63) is 70.1 Å². The molecular weight excluding hydrogens is 788 g/mol. The number of nitriles is 1. The third kappa shape index (κ3) is 8.00. The summed E-state index contributed by atoms with van der Waals surface area (Å²) in [5.74, 6) is -0.307. The van der Waals surface area contributed by atoms with Crippen molar-refractivity contribution in [2.45, 2.75) is 82.4 Å². The average molecular weight is 835 g/mol. The van der Waals surface area contributed by atoms with E-state index in [4.69, 9.17) is 21.6 Å². The number of imide groups is 2. The number of likely N-dealkylation sites (tertiary alicyclic amines) is 1. The Balaban J connectivity index is 0.683. The third-order valence-electron chi connectivity index (χ3n) is 13.3. The quantitative estimate of drug-likeness (QED) is 0.297. The maximum atomic E-state index is 13.3. The molecule has 312 valence electrons. The van der Waals surface area contributed by atoms with Crippen LogP contribution in [0.2, 0.25) is 5.02 Å². The number of carbonyl (C=O) groups excluding carboxylic acids is 5. The Morgan fingerprint density at radius 2 is 1.65 bits per heavy atom. The lowest BCUT2D eigenvalue weighted by molar-refractivity contribution is -0.136. The summed E-state index contributed by atoms with van der Waals surface area (Å²) in [7, 11) is 0. The van der Waals surface area contributed by atoms with Gasteiger partial charge in [0.2, 0.25) is 17.6 Å². The molecule has 4 saturated heterocycles. The number of piperidine rings is 3. The van der Waals surface area contributed by atoms with E-state index in [0.717, 1.165) is 108 Å². The summed E-state index contributed by atoms with van der Waals surface area (Å²) in [6, 6.07) is 11.5. The SMILES string of the molecule is N#Cc1ccc(O[C@H]2CC[C@H](NC(=O)c3ncc(N4CCC(CN5CCC6(CC5)CN(c5ccc7c(c5)C(=O)N(C5CCC(=O)NC5=O)C7=O)C6)CC4)nn3)CC2)cc1Cl. The molecule has 5 amide bonds. The molecule has 6 heterocycles. The molecule has 9 rings (SSSR count). The number of aromatic nitrogens is 3. The van der Waals surface area contributed by atoms with Gasteiger partial charge in [0, 0.05) is 62.4 Å². The number of anilines is 2. The lowest BCUT2D eigenvalue weighted by atomic mass is 9.71. The van der Waals surface area contributed by atoms with E-state index in [2.05, 4.69) is 46.6 Å². The number of halogens is 1. The van der Waals surface area contributed by atoms with Crippen LogP contribution < -0.4 is 25.2 Å². The fourth-order valence-corrected chi connectivity index (χ4v) is 10.00. The summed E-state index contributed by atoms with van der Waals surface area (Å²) in [5.41, 5.74) is 2.18. The van der Waals surface area contributed by atoms with Crippen molar-refractivity contribution in [2.75, 3.05) is 55.6 Å². The van der Waals surface area contributed by atoms with Gasteiger partial charge in [-0.25, -0.2) is 4.98 Å². The summed E-state index contributed by atoms with van der Waals surface area (Å²) in [5, 5.41) is 23.3. The van der Waals surface area contributed by atoms with Gasteiger partial charge in [-0.05, 0) is 107 Å². The van der Waals surface area contributed by atoms with Gasteiger partial charge in [-0.1, -0.05) is 11.6 Å². The minimum absolute atomic E-state index is 0.00131. The molecule has 0 radical (unpaired) electrons. The molecule has 1 aromatic heterocycles. The summed E-state index contributed by atoms with van der Waals surface area (Å²) >= 11 is 6.15. The van der Waals surface area contributed by atoms with E-state index in [1.54, 1.807) is 36.5 Å². The average Bonchev–Trinajstić information content (AvgIpc) is 3.49. The van der Waals surface area contributed by atoms with Gasteiger partial charge in [-0.2, -0.15) is 5.26 Å². The van der Waals surface area contributed by atoms with E-state index in [0.29, 0.717) is 39.2 Å². The van der Waals surface area contributed by atoms with Crippen molar-refractivity contribution >= 4 is 52.6 Å². The van der Waals surface area contributed by atoms with Gasteiger partial charge in [0.1, 0.15) is 17.9 Å². The summed E-state index contributed by atoms with van der Waals surface area (Å²) in [4.78, 5) is 75.9. The minimum atomic E-state index is -0.968. The highest BCUT2D eigenvalue weighted by Crippen LogP contribution is 2.44. The fourth-order valence-electron chi connectivity index (χ4n) is 9.78. The van der Waals surface area contributed by atoms with Gasteiger partial charge in [-0.3, -0.25) is 34.2 Å². The van der Waals surface area contributed by atoms with E-state index >= 15 is 0 Å². The topological polar surface area (TPSA) is 194 Å². The predicted octanol–water partition coefficient (Wildman–Crippen LogP) is 3.74. The van der Waals surface area contributed by atoms with Gasteiger partial charge in [0.25, 0.3) is 17.7 Å². The van der Waals surface area contributed by atoms with Crippen LogP contribution in [0.5, 0.6) is 5.75 Å². The van der Waals surface area contributed by atoms with Crippen LogP contribution >= 0.6 is 11.6 Å². The first-order chi connectivity index (χ1) is 29.0. The van der Waals surface area contributed by atoms with Crippen LogP contribution in [0.3, 0.4) is 0 Å². The molecule has 3 aromatic rings. The minimum Gasteiger partial charge on any atom is -0.490 e. The van der Waals surface area contributed by atoms with Crippen molar-refractivity contribution in [1.29, 1.82) is 5.26 Å². The van der Waals surface area contributed by atoms with E-state index in [-0.39, 0.29) is 42.1 Å². The van der Waals surface area contributed by atoms with E-state index < -0.39 is 29.7 Å². The number of benzene rings is 2. The Hall–Kier alpha value is -5.66. The molecule has 1 atom stereocenters. The molecule has 2 aromatic carbocycles. The van der Waals surface area contributed by atoms with Crippen molar-refractivity contribution in [3.8, 4) is 11.8 Å². The number of ether oxygens (including phenoxy) is 1. The Bertz CT molecular complexity index is 2230. The lowest BCUT2D eigenvalue weighted by Gasteiger charge is -2.55. The zero-order chi connectivity index (χ0) is 41.5. The molecular formula is C43H47ClN10O6. The summed E-state index contributed by atoms with van der Waals surface area (Å²) in [6.07, 6.45) is 9.29. The highest BCUT2D eigenvalue weighted by molar-refractivity contribution is 6.31. The normalized spacial score (nSPS) is 24.5. The highest BCUT2D eigenvalue weighted by atomic mass is 35.5. The lowest BCUT2D eigenvalue weighted by Crippen LogP contribution is -2.60. The fraction of sp³-hybridized carbons (Fsp3) is 0.512. The van der Waals surface area contributed by atoms with Crippen molar-refractivity contribution < 1.29 is 28.7 Å². The van der Waals surface area contributed by atoms with Crippen LogP contribution in [0.15, 0.2) is 42.6 Å². The standard InChI is InChI=1S/C43H47ClN10O6/c44-34-20-31(5-1-27(34)21-45)60-30-6-2-28(3-7-30)47-40(57)38-46-22-36(49-50-38)52-15-11-26(12-16-52)23-51-17-13-43(14-18-51)24-53(25-43)29-4-8-32-33(19-29)42(59)54(41(32)58)35-9-10-37(55)48-39(35)56/h1,4-5,8,19-20,22,26,28,30,35H,2-3,6-7,9-18,23-25H2,(H,47,57)(H,48,55,56)/t28-,30-,35?. The molecule has 1 saturated carbocycles. The second-order valence-electron chi connectivity index (χ2n) is 17.2. The molecule has 0 bridgehead atoms. The van der Waals surface area contributed by atoms with E-state index in [1.165, 1.54) is 0 Å². The van der Waals surface area contributed by atoms with Crippen LogP contribution in [-0.2, 0) is 9.59 Å². The van der Waals surface area contributed by atoms with Gasteiger partial charge < -0.3 is 24.8 Å². The van der Waals surface area contributed by atoms with Crippen LogP contribution in [0.4, 0.5) is 11.5 Å². The van der Waals surface area contributed by atoms with Crippen molar-refractivity contribution in [2.24, 2.45) is 11.3 Å². The zero-order valence-electron chi connectivity index (χ0n) is 33.3. The second kappa shape index (κ2) is 16.4. The van der Waals surface area contributed by atoms with Gasteiger partial charge in [-0.15, -0.1) is 10.2 Å². The van der Waals surface area contributed by atoms with Crippen molar-refractivity contribution in [1.82, 2.24) is 35.6 Å². The van der Waals surface area contributed by atoms with Crippen LogP contribution in [0.1, 0.15) is 101 Å². The number of rotatable bonds is 9. The molecule has 1 spiro atoms. The number of nitrogens with zero attached hydrogens (tertiary/aromatic N) is 8. The number of hydrogen-bond donors (Lipinski definition) is 2. The number of fused-ring (bicyclic) bond motifs is 1. The first-order valence-corrected chi connectivity index (χ1v) is 21.4. The molecule has 17 heteroatoms. The number of hydrogen-bond acceptors (Lipinski definition) is 13. The second-order valence-corrected chi connectivity index (χ2v) is 17.6. The Morgan fingerprint density at radius 3 is 2.33 bits per heavy atom. The van der Waals surface area contributed by atoms with E-state index in [1.807, 2.05) is 6.07 Å². The Morgan fingerprint density at radius 1 is 0.900 bits per heavy atom. The van der Waals surface area contributed by atoms with Crippen LogP contribution in [-0.4, -0.2) is 119 Å². The molecule has 16 nitrogen and oxygen atoms in total. The zero-order valence-corrected chi connectivity index (χ0v) is 34.0. The summed E-state index contributed by atoms with van der Waals surface area (Å²) < 4.78 is 6.07. The molecule has 1 unspecified atom stereocenters. The first kappa shape index (κ1) is 39.8. The first-order valence-electron chi connectivity index (χ1n) is 21.0. The third-order valence-corrected chi connectivity index (χ3v) is 13.7. The van der Waals surface area contributed by atoms with Crippen LogP contribution in [0, 0.1) is 22.7 Å². The van der Waals surface area contributed by atoms with Gasteiger partial charge in [0.15, 0.2) is 5.82 Å². The highest BCUT2D eigenvalue weighted by Gasteiger charge is 2.47. The monoisotopic (exact) mass is 834 g/mol. The van der Waals surface area contributed by atoms with Gasteiger partial charge >= 0.3 is 0 Å². The van der Waals surface area contributed by atoms with E-state index in [9.17, 15) is 24.0 Å². The molecule has 6 aliphatic rings. The smallest absolute Gasteiger partial charge is 0.291 e. The van der Waals surface area contributed by atoms with Gasteiger partial charge in [0.05, 0.1) is 34.0 Å². The molecule has 5 aliphatic heterocycles. The molecule has 60 heavy (non-hydrogen) atoms. The molecule has 2 N–H and O–H groups in total. The van der Waals surface area contributed by atoms with Crippen molar-refractivity contribution in [3.63, 3.8) is 0 Å². The Labute approximate surface area is 352 Å². The largest absolute Gasteiger partial charge is 0.490 e. The Kier molecular flexibility index (Phi) is 10.9.